The van der Waals surface area contributed by atoms with E-state index in [-0.39, 0.29) is 46.6 Å². The van der Waals surface area contributed by atoms with Crippen molar-refractivity contribution in [3.63, 3.8) is 0 Å². The Kier molecular flexibility index (Phi) is 13.2. The summed E-state index contributed by atoms with van der Waals surface area (Å²) in [5.41, 5.74) is -0.325. The van der Waals surface area contributed by atoms with Crippen molar-refractivity contribution in [2.45, 2.75) is 239 Å². The lowest BCUT2D eigenvalue weighted by molar-refractivity contribution is -0.538. The van der Waals surface area contributed by atoms with E-state index in [0.29, 0.717) is 47.8 Å². The largest absolute Gasteiger partial charge is 0.413 e. The van der Waals surface area contributed by atoms with E-state index in [1.165, 1.54) is 0 Å². The quantitative estimate of drug-likeness (QED) is 0.154. The maximum Gasteiger partial charge on any atom is 0.413 e. The zero-order valence-electron chi connectivity index (χ0n) is 34.7. The number of rotatable bonds is 12. The SMILES string of the molecule is CC(C)C1CC(OC(OC2CC(C(C)C)NC(C)(C)C2)(OC2CC(C(C)C)NC(C)(C)C2)OC2CC(C(C)C)NC(C)(C)C2)CC(C)(C)N1. The number of hydrogen-bond acceptors (Lipinski definition) is 8. The summed E-state index contributed by atoms with van der Waals surface area (Å²) in [6.45, 7) is 36.9. The van der Waals surface area contributed by atoms with Crippen LogP contribution in [0.5, 0.6) is 0 Å². The first kappa shape index (κ1) is 41.4. The molecule has 0 radical (unpaired) electrons. The lowest BCUT2D eigenvalue weighted by Gasteiger charge is -2.52. The van der Waals surface area contributed by atoms with Gasteiger partial charge in [-0.15, -0.1) is 0 Å². The molecule has 8 heteroatoms. The van der Waals surface area contributed by atoms with E-state index < -0.39 is 6.16 Å². The van der Waals surface area contributed by atoms with Gasteiger partial charge in [-0.2, -0.15) is 0 Å². The number of hydrogen-bond donors (Lipinski definition) is 4. The van der Waals surface area contributed by atoms with Crippen LogP contribution in [0.25, 0.3) is 0 Å². The molecule has 0 amide bonds. The van der Waals surface area contributed by atoms with Crippen LogP contribution in [0.4, 0.5) is 0 Å². The van der Waals surface area contributed by atoms with Gasteiger partial charge in [0, 0.05) is 46.3 Å². The third-order valence-corrected chi connectivity index (χ3v) is 11.8. The molecule has 8 unspecified atom stereocenters. The van der Waals surface area contributed by atoms with Gasteiger partial charge in [-0.3, -0.25) is 18.9 Å². The van der Waals surface area contributed by atoms with E-state index in [1.54, 1.807) is 0 Å². The minimum Gasteiger partial charge on any atom is -0.309 e. The minimum atomic E-state index is -1.61. The van der Waals surface area contributed by atoms with Crippen LogP contribution in [0.1, 0.15) is 162 Å². The first-order valence-corrected chi connectivity index (χ1v) is 20.2. The second-order valence-corrected chi connectivity index (χ2v) is 20.7. The molecule has 0 spiro atoms. The molecule has 8 atom stereocenters. The van der Waals surface area contributed by atoms with Gasteiger partial charge >= 0.3 is 6.16 Å². The topological polar surface area (TPSA) is 85.0 Å². The Bertz CT molecular complexity index is 891. The van der Waals surface area contributed by atoms with Gasteiger partial charge in [-0.1, -0.05) is 55.4 Å². The van der Waals surface area contributed by atoms with Crippen molar-refractivity contribution in [1.82, 2.24) is 21.3 Å². The molecule has 4 N–H and O–H groups in total. The second kappa shape index (κ2) is 15.6. The molecule has 49 heavy (non-hydrogen) atoms. The standard InChI is InChI=1S/C41H80N4O4/c1-25(2)33-17-29(21-37(9,10)42-33)46-41(47-30-18-34(26(3)4)43-38(11,12)22-30,48-31-19-35(27(5)6)44-39(13,14)23-31)49-32-20-36(28(7)8)45-40(15,16)24-32/h25-36,42-45H,17-24H2,1-16H3. The summed E-state index contributed by atoms with van der Waals surface area (Å²) in [6, 6.07) is 1.34. The van der Waals surface area contributed by atoms with Gasteiger partial charge < -0.3 is 21.3 Å². The van der Waals surface area contributed by atoms with Crippen LogP contribution in [0.3, 0.4) is 0 Å². The summed E-state index contributed by atoms with van der Waals surface area (Å²) in [4.78, 5) is 0. The molecule has 0 aliphatic carbocycles. The zero-order chi connectivity index (χ0) is 36.7. The van der Waals surface area contributed by atoms with Crippen molar-refractivity contribution >= 4 is 0 Å². The highest BCUT2D eigenvalue weighted by Crippen LogP contribution is 2.41. The van der Waals surface area contributed by atoms with Crippen LogP contribution in [0, 0.1) is 23.7 Å². The maximum absolute atomic E-state index is 7.43. The van der Waals surface area contributed by atoms with Crippen LogP contribution in [0.15, 0.2) is 0 Å². The van der Waals surface area contributed by atoms with E-state index in [0.717, 1.165) is 51.4 Å². The highest BCUT2D eigenvalue weighted by molar-refractivity contribution is 4.98. The summed E-state index contributed by atoms with van der Waals surface area (Å²) in [6.07, 6.45) is 5.09. The summed E-state index contributed by atoms with van der Waals surface area (Å²) in [5, 5.41) is 15.6. The van der Waals surface area contributed by atoms with Crippen molar-refractivity contribution < 1.29 is 18.9 Å². The monoisotopic (exact) mass is 693 g/mol. The molecule has 0 aromatic carbocycles. The Morgan fingerprint density at radius 3 is 0.735 bits per heavy atom. The molecule has 4 aliphatic rings. The van der Waals surface area contributed by atoms with Gasteiger partial charge in [-0.05, 0) is 130 Å². The third-order valence-electron chi connectivity index (χ3n) is 11.8. The molecule has 288 valence electrons. The summed E-state index contributed by atoms with van der Waals surface area (Å²) in [7, 11) is 0. The molecule has 0 aromatic heterocycles. The molecular formula is C41H80N4O4. The van der Waals surface area contributed by atoms with E-state index >= 15 is 0 Å². The molecule has 4 fully saturated rings. The molecule has 0 aromatic rings. The molecule has 4 aliphatic heterocycles. The fraction of sp³-hybridized carbons (Fsp3) is 1.00. The molecular weight excluding hydrogens is 612 g/mol. The average molecular weight is 693 g/mol. The molecule has 8 nitrogen and oxygen atoms in total. The highest BCUT2D eigenvalue weighted by atomic mass is 17.0. The molecule has 0 saturated carbocycles. The second-order valence-electron chi connectivity index (χ2n) is 20.7. The van der Waals surface area contributed by atoms with Crippen molar-refractivity contribution in [3.05, 3.63) is 0 Å². The van der Waals surface area contributed by atoms with Gasteiger partial charge in [-0.25, -0.2) is 0 Å². The third kappa shape index (κ3) is 11.8. The Hall–Kier alpha value is -0.320. The average Bonchev–Trinajstić information content (AvgIpc) is 2.89. The van der Waals surface area contributed by atoms with Crippen molar-refractivity contribution in [2.75, 3.05) is 0 Å². The Morgan fingerprint density at radius 1 is 0.388 bits per heavy atom. The zero-order valence-corrected chi connectivity index (χ0v) is 34.7. The molecule has 4 rings (SSSR count). The van der Waals surface area contributed by atoms with Crippen LogP contribution < -0.4 is 21.3 Å². The van der Waals surface area contributed by atoms with Gasteiger partial charge in [0.05, 0.1) is 24.4 Å². The van der Waals surface area contributed by atoms with Gasteiger partial charge in [0.15, 0.2) is 0 Å². The molecule has 0 bridgehead atoms. The number of nitrogens with one attached hydrogen (secondary N) is 4. The van der Waals surface area contributed by atoms with Crippen molar-refractivity contribution in [3.8, 4) is 0 Å². The molecule has 4 saturated heterocycles. The molecule has 4 heterocycles. The Labute approximate surface area is 302 Å². The lowest BCUT2D eigenvalue weighted by atomic mass is 9.82. The first-order chi connectivity index (χ1) is 22.4. The number of piperidine rings is 4. The fourth-order valence-electron chi connectivity index (χ4n) is 9.32. The maximum atomic E-state index is 7.43. The van der Waals surface area contributed by atoms with Crippen LogP contribution in [-0.2, 0) is 18.9 Å². The predicted octanol–water partition coefficient (Wildman–Crippen LogP) is 7.88. The van der Waals surface area contributed by atoms with Gasteiger partial charge in [0.25, 0.3) is 0 Å². The van der Waals surface area contributed by atoms with E-state index in [2.05, 4.69) is 132 Å². The van der Waals surface area contributed by atoms with Crippen molar-refractivity contribution in [1.29, 1.82) is 0 Å². The van der Waals surface area contributed by atoms with Crippen LogP contribution >= 0.6 is 0 Å². The smallest absolute Gasteiger partial charge is 0.309 e. The first-order valence-electron chi connectivity index (χ1n) is 20.2. The van der Waals surface area contributed by atoms with Gasteiger partial charge in [0.1, 0.15) is 0 Å². The van der Waals surface area contributed by atoms with Crippen LogP contribution in [0.2, 0.25) is 0 Å². The van der Waals surface area contributed by atoms with Crippen molar-refractivity contribution in [2.24, 2.45) is 23.7 Å². The van der Waals surface area contributed by atoms with E-state index in [1.807, 2.05) is 0 Å². The van der Waals surface area contributed by atoms with Gasteiger partial charge in [0.2, 0.25) is 0 Å². The highest BCUT2D eigenvalue weighted by Gasteiger charge is 2.52. The normalized spacial score (nSPS) is 37.5. The summed E-state index contributed by atoms with van der Waals surface area (Å²) < 4.78 is 29.7. The predicted molar refractivity (Wildman–Crippen MR) is 203 cm³/mol. The summed E-state index contributed by atoms with van der Waals surface area (Å²) in [5.74, 6) is 1.92. The number of ether oxygens (including phenoxy) is 4. The Balaban J connectivity index is 1.79. The lowest BCUT2D eigenvalue weighted by Crippen LogP contribution is -2.64. The van der Waals surface area contributed by atoms with E-state index in [4.69, 9.17) is 18.9 Å². The summed E-state index contributed by atoms with van der Waals surface area (Å²) >= 11 is 0. The Morgan fingerprint density at radius 2 is 0.571 bits per heavy atom. The fourth-order valence-corrected chi connectivity index (χ4v) is 9.32. The van der Waals surface area contributed by atoms with E-state index in [9.17, 15) is 0 Å². The minimum absolute atomic E-state index is 0.0782. The van der Waals surface area contributed by atoms with Crippen LogP contribution in [-0.4, -0.2) is 76.9 Å².